The first-order valence-electron chi connectivity index (χ1n) is 7.47. The second-order valence-electron chi connectivity index (χ2n) is 5.54. The molecule has 5 heteroatoms. The Morgan fingerprint density at radius 2 is 2.00 bits per heavy atom. The Morgan fingerprint density at radius 1 is 1.13 bits per heavy atom. The highest BCUT2D eigenvalue weighted by molar-refractivity contribution is 5.84. The highest BCUT2D eigenvalue weighted by atomic mass is 16.5. The van der Waals surface area contributed by atoms with Crippen LogP contribution in [0.15, 0.2) is 55.0 Å². The van der Waals surface area contributed by atoms with Gasteiger partial charge in [-0.15, -0.1) is 0 Å². The lowest BCUT2D eigenvalue weighted by Crippen LogP contribution is -2.30. The van der Waals surface area contributed by atoms with Crippen molar-refractivity contribution >= 4 is 16.7 Å². The second-order valence-corrected chi connectivity index (χ2v) is 5.54. The molecule has 0 aliphatic carbocycles. The van der Waals surface area contributed by atoms with E-state index >= 15 is 0 Å². The number of ether oxygens (including phenoxy) is 1. The molecule has 23 heavy (non-hydrogen) atoms. The standard InChI is InChI=1S/C18H15N3O2/c22-18(21-9-15-8-19-12-20-17(15)10-21)11-23-16-6-5-13-3-1-2-4-14(13)7-16/h1-8,12H,9-11H2. The molecule has 2 aromatic carbocycles. The van der Waals surface area contributed by atoms with Gasteiger partial charge in [-0.05, 0) is 22.9 Å². The molecule has 1 amide bonds. The van der Waals surface area contributed by atoms with E-state index in [0.29, 0.717) is 18.8 Å². The van der Waals surface area contributed by atoms with Crippen molar-refractivity contribution < 1.29 is 9.53 Å². The van der Waals surface area contributed by atoms with E-state index in [1.54, 1.807) is 11.1 Å². The number of hydrogen-bond donors (Lipinski definition) is 0. The number of carbonyl (C=O) groups excluding carboxylic acids is 1. The molecule has 4 rings (SSSR count). The van der Waals surface area contributed by atoms with Gasteiger partial charge in [0.25, 0.3) is 5.91 Å². The fraction of sp³-hybridized carbons (Fsp3) is 0.167. The first-order valence-corrected chi connectivity index (χ1v) is 7.47. The smallest absolute Gasteiger partial charge is 0.261 e. The molecule has 0 unspecified atom stereocenters. The van der Waals surface area contributed by atoms with Crippen LogP contribution < -0.4 is 4.74 Å². The Labute approximate surface area is 133 Å². The summed E-state index contributed by atoms with van der Waals surface area (Å²) in [7, 11) is 0. The monoisotopic (exact) mass is 305 g/mol. The van der Waals surface area contributed by atoms with Crippen LogP contribution in [0.25, 0.3) is 10.8 Å². The lowest BCUT2D eigenvalue weighted by atomic mass is 10.1. The number of benzene rings is 2. The molecular weight excluding hydrogens is 290 g/mol. The Bertz CT molecular complexity index is 854. The van der Waals surface area contributed by atoms with Crippen LogP contribution in [0, 0.1) is 0 Å². The molecule has 0 radical (unpaired) electrons. The van der Waals surface area contributed by atoms with Crippen molar-refractivity contribution in [1.82, 2.24) is 14.9 Å². The lowest BCUT2D eigenvalue weighted by Gasteiger charge is -2.15. The maximum Gasteiger partial charge on any atom is 0.261 e. The van der Waals surface area contributed by atoms with E-state index in [1.807, 2.05) is 42.5 Å². The van der Waals surface area contributed by atoms with Gasteiger partial charge < -0.3 is 9.64 Å². The van der Waals surface area contributed by atoms with Crippen molar-refractivity contribution in [3.8, 4) is 5.75 Å². The molecule has 0 saturated heterocycles. The molecule has 114 valence electrons. The minimum atomic E-state index is -0.0452. The third-order valence-corrected chi connectivity index (χ3v) is 4.02. The van der Waals surface area contributed by atoms with Crippen LogP contribution in [0.3, 0.4) is 0 Å². The van der Waals surface area contributed by atoms with E-state index in [1.165, 1.54) is 6.33 Å². The van der Waals surface area contributed by atoms with Crippen LogP contribution in [0.2, 0.25) is 0 Å². The summed E-state index contributed by atoms with van der Waals surface area (Å²) >= 11 is 0. The number of nitrogens with zero attached hydrogens (tertiary/aromatic N) is 3. The summed E-state index contributed by atoms with van der Waals surface area (Å²) in [6, 6.07) is 13.9. The molecule has 2 heterocycles. The topological polar surface area (TPSA) is 55.3 Å². The summed E-state index contributed by atoms with van der Waals surface area (Å²) in [4.78, 5) is 22.2. The molecule has 1 aliphatic heterocycles. The highest BCUT2D eigenvalue weighted by Crippen LogP contribution is 2.22. The van der Waals surface area contributed by atoms with Gasteiger partial charge in [0.2, 0.25) is 0 Å². The molecule has 5 nitrogen and oxygen atoms in total. The first-order chi connectivity index (χ1) is 11.3. The third kappa shape index (κ3) is 2.73. The summed E-state index contributed by atoms with van der Waals surface area (Å²) in [5.41, 5.74) is 1.92. The van der Waals surface area contributed by atoms with Crippen LogP contribution in [-0.4, -0.2) is 27.4 Å². The van der Waals surface area contributed by atoms with Gasteiger partial charge >= 0.3 is 0 Å². The van der Waals surface area contributed by atoms with Crippen molar-refractivity contribution in [2.75, 3.05) is 6.61 Å². The summed E-state index contributed by atoms with van der Waals surface area (Å²) in [6.07, 6.45) is 3.28. The number of aromatic nitrogens is 2. The van der Waals surface area contributed by atoms with Crippen LogP contribution >= 0.6 is 0 Å². The summed E-state index contributed by atoms with van der Waals surface area (Å²) in [6.45, 7) is 1.10. The molecule has 3 aromatic rings. The van der Waals surface area contributed by atoms with Crippen molar-refractivity contribution in [1.29, 1.82) is 0 Å². The van der Waals surface area contributed by atoms with Gasteiger partial charge in [0.15, 0.2) is 6.61 Å². The normalized spacial score (nSPS) is 13.1. The van der Waals surface area contributed by atoms with Crippen LogP contribution in [0.4, 0.5) is 0 Å². The van der Waals surface area contributed by atoms with Crippen LogP contribution in [0.5, 0.6) is 5.75 Å². The maximum absolute atomic E-state index is 12.3. The molecule has 1 aliphatic rings. The van der Waals surface area contributed by atoms with Crippen LogP contribution in [-0.2, 0) is 17.9 Å². The maximum atomic E-state index is 12.3. The van der Waals surface area contributed by atoms with E-state index in [9.17, 15) is 4.79 Å². The fourth-order valence-corrected chi connectivity index (χ4v) is 2.77. The molecular formula is C18H15N3O2. The van der Waals surface area contributed by atoms with E-state index in [4.69, 9.17) is 4.74 Å². The SMILES string of the molecule is O=C(COc1ccc2ccccc2c1)N1Cc2cncnc2C1. The average Bonchev–Trinajstić information content (AvgIpc) is 3.04. The summed E-state index contributed by atoms with van der Waals surface area (Å²) < 4.78 is 5.66. The number of fused-ring (bicyclic) bond motifs is 2. The quantitative estimate of drug-likeness (QED) is 0.746. The van der Waals surface area contributed by atoms with Crippen molar-refractivity contribution in [2.24, 2.45) is 0 Å². The highest BCUT2D eigenvalue weighted by Gasteiger charge is 2.24. The summed E-state index contributed by atoms with van der Waals surface area (Å²) in [5.74, 6) is 0.657. The largest absolute Gasteiger partial charge is 0.484 e. The zero-order valence-electron chi connectivity index (χ0n) is 12.5. The van der Waals surface area contributed by atoms with Crippen LogP contribution in [0.1, 0.15) is 11.3 Å². The van der Waals surface area contributed by atoms with Gasteiger partial charge in [0, 0.05) is 18.3 Å². The Hall–Kier alpha value is -2.95. The Kier molecular flexibility index (Phi) is 3.38. The van der Waals surface area contributed by atoms with E-state index in [-0.39, 0.29) is 12.5 Å². The molecule has 0 N–H and O–H groups in total. The van der Waals surface area contributed by atoms with Gasteiger partial charge in [-0.1, -0.05) is 30.3 Å². The Balaban J connectivity index is 1.41. The number of hydrogen-bond acceptors (Lipinski definition) is 4. The van der Waals surface area contributed by atoms with E-state index < -0.39 is 0 Å². The molecule has 0 fully saturated rings. The predicted octanol–water partition coefficient (Wildman–Crippen LogP) is 2.55. The fourth-order valence-electron chi connectivity index (χ4n) is 2.77. The molecule has 0 spiro atoms. The van der Waals surface area contributed by atoms with E-state index in [2.05, 4.69) is 9.97 Å². The van der Waals surface area contributed by atoms with Gasteiger partial charge in [0.05, 0.1) is 12.2 Å². The minimum Gasteiger partial charge on any atom is -0.484 e. The average molecular weight is 305 g/mol. The van der Waals surface area contributed by atoms with Crippen molar-refractivity contribution in [3.05, 3.63) is 66.2 Å². The molecule has 0 bridgehead atoms. The summed E-state index contributed by atoms with van der Waals surface area (Å²) in [5, 5.41) is 2.25. The van der Waals surface area contributed by atoms with Gasteiger partial charge in [-0.2, -0.15) is 0 Å². The molecule has 0 atom stereocenters. The predicted molar refractivity (Wildman–Crippen MR) is 85.7 cm³/mol. The van der Waals surface area contributed by atoms with Crippen molar-refractivity contribution in [2.45, 2.75) is 13.1 Å². The zero-order chi connectivity index (χ0) is 15.6. The zero-order valence-corrected chi connectivity index (χ0v) is 12.5. The van der Waals surface area contributed by atoms with Gasteiger partial charge in [0.1, 0.15) is 12.1 Å². The number of amides is 1. The van der Waals surface area contributed by atoms with Crippen molar-refractivity contribution in [3.63, 3.8) is 0 Å². The second kappa shape index (κ2) is 5.68. The molecule has 0 saturated carbocycles. The molecule has 1 aromatic heterocycles. The van der Waals surface area contributed by atoms with Gasteiger partial charge in [-0.25, -0.2) is 9.97 Å². The first kappa shape index (κ1) is 13.7. The Morgan fingerprint density at radius 3 is 2.87 bits per heavy atom. The van der Waals surface area contributed by atoms with E-state index in [0.717, 1.165) is 22.0 Å². The number of carbonyl (C=O) groups is 1. The lowest BCUT2D eigenvalue weighted by molar-refractivity contribution is -0.134. The van der Waals surface area contributed by atoms with Gasteiger partial charge in [-0.3, -0.25) is 4.79 Å². The third-order valence-electron chi connectivity index (χ3n) is 4.02. The number of rotatable bonds is 3. The minimum absolute atomic E-state index is 0.0275.